The maximum absolute atomic E-state index is 6.26. The molecule has 11 rings (SSSR count). The first-order chi connectivity index (χ1) is 27.0. The molecule has 0 bridgehead atoms. The molecule has 1 aromatic heterocycles. The Morgan fingerprint density at radius 1 is 0.364 bits per heavy atom. The number of furan rings is 1. The molecule has 2 heteroatoms. The molecule has 0 saturated carbocycles. The lowest BCUT2D eigenvalue weighted by atomic mass is 9.82. The summed E-state index contributed by atoms with van der Waals surface area (Å²) in [4.78, 5) is 2.40. The molecular formula is C53H37NO. The quantitative estimate of drug-likeness (QED) is 0.177. The minimum Gasteiger partial charge on any atom is -0.456 e. The summed E-state index contributed by atoms with van der Waals surface area (Å²) in [6.45, 7) is 4.70. The van der Waals surface area contributed by atoms with E-state index in [1.165, 1.54) is 66.1 Å². The van der Waals surface area contributed by atoms with Crippen LogP contribution in [0.2, 0.25) is 0 Å². The van der Waals surface area contributed by atoms with Gasteiger partial charge in [-0.15, -0.1) is 0 Å². The van der Waals surface area contributed by atoms with E-state index in [9.17, 15) is 0 Å². The van der Waals surface area contributed by atoms with Gasteiger partial charge < -0.3 is 9.32 Å². The van der Waals surface area contributed by atoms with Crippen LogP contribution >= 0.6 is 0 Å². The van der Waals surface area contributed by atoms with Crippen molar-refractivity contribution in [2.45, 2.75) is 19.3 Å². The largest absolute Gasteiger partial charge is 0.456 e. The van der Waals surface area contributed by atoms with E-state index in [1.54, 1.807) is 0 Å². The molecule has 2 nitrogen and oxygen atoms in total. The highest BCUT2D eigenvalue weighted by Gasteiger charge is 2.35. The Labute approximate surface area is 320 Å². The van der Waals surface area contributed by atoms with Crippen molar-refractivity contribution in [1.29, 1.82) is 0 Å². The van der Waals surface area contributed by atoms with Gasteiger partial charge in [0.2, 0.25) is 0 Å². The van der Waals surface area contributed by atoms with E-state index < -0.39 is 0 Å². The second-order valence-electron chi connectivity index (χ2n) is 15.3. The Hall–Kier alpha value is -6.90. The average Bonchev–Trinajstić information content (AvgIpc) is 3.72. The molecule has 260 valence electrons. The van der Waals surface area contributed by atoms with Gasteiger partial charge in [0.25, 0.3) is 0 Å². The Kier molecular flexibility index (Phi) is 6.93. The molecule has 1 aliphatic carbocycles. The van der Waals surface area contributed by atoms with Crippen LogP contribution in [0.4, 0.5) is 17.1 Å². The van der Waals surface area contributed by atoms with Crippen LogP contribution in [0.3, 0.4) is 0 Å². The molecule has 0 saturated heterocycles. The summed E-state index contributed by atoms with van der Waals surface area (Å²) in [5.74, 6) is 0. The third-order valence-corrected chi connectivity index (χ3v) is 11.8. The Balaban J connectivity index is 1.07. The van der Waals surface area contributed by atoms with Crippen molar-refractivity contribution in [3.63, 3.8) is 0 Å². The van der Waals surface area contributed by atoms with E-state index in [1.807, 2.05) is 12.1 Å². The summed E-state index contributed by atoms with van der Waals surface area (Å²) in [7, 11) is 0. The van der Waals surface area contributed by atoms with Crippen LogP contribution < -0.4 is 4.90 Å². The number of fused-ring (bicyclic) bond motifs is 8. The van der Waals surface area contributed by atoms with E-state index in [-0.39, 0.29) is 5.41 Å². The summed E-state index contributed by atoms with van der Waals surface area (Å²) in [5, 5.41) is 7.24. The third kappa shape index (κ3) is 4.95. The molecule has 0 fully saturated rings. The van der Waals surface area contributed by atoms with Crippen molar-refractivity contribution in [3.05, 3.63) is 199 Å². The lowest BCUT2D eigenvalue weighted by molar-refractivity contribution is 0.660. The second-order valence-corrected chi connectivity index (χ2v) is 15.3. The lowest BCUT2D eigenvalue weighted by Crippen LogP contribution is -2.16. The van der Waals surface area contributed by atoms with Crippen molar-refractivity contribution in [2.24, 2.45) is 0 Å². The Morgan fingerprint density at radius 2 is 0.964 bits per heavy atom. The van der Waals surface area contributed by atoms with Gasteiger partial charge in [0.15, 0.2) is 0 Å². The van der Waals surface area contributed by atoms with Gasteiger partial charge in [-0.2, -0.15) is 0 Å². The van der Waals surface area contributed by atoms with Gasteiger partial charge in [-0.25, -0.2) is 0 Å². The zero-order valence-electron chi connectivity index (χ0n) is 30.8. The van der Waals surface area contributed by atoms with Gasteiger partial charge in [-0.1, -0.05) is 141 Å². The molecule has 1 aliphatic rings. The van der Waals surface area contributed by atoms with Gasteiger partial charge in [0, 0.05) is 33.2 Å². The van der Waals surface area contributed by atoms with Crippen LogP contribution in [-0.4, -0.2) is 0 Å². The molecule has 0 N–H and O–H groups in total. The summed E-state index contributed by atoms with van der Waals surface area (Å²) < 4.78 is 6.26. The fourth-order valence-electron chi connectivity index (χ4n) is 9.10. The van der Waals surface area contributed by atoms with Gasteiger partial charge in [-0.3, -0.25) is 0 Å². The molecule has 0 spiro atoms. The zero-order chi connectivity index (χ0) is 36.7. The molecule has 0 aliphatic heterocycles. The van der Waals surface area contributed by atoms with Crippen molar-refractivity contribution in [3.8, 4) is 33.4 Å². The normalized spacial score (nSPS) is 13.1. The van der Waals surface area contributed by atoms with E-state index in [0.717, 1.165) is 39.0 Å². The highest BCUT2D eigenvalue weighted by molar-refractivity contribution is 6.08. The Morgan fingerprint density at radius 3 is 1.82 bits per heavy atom. The van der Waals surface area contributed by atoms with Crippen LogP contribution in [0.1, 0.15) is 25.0 Å². The first-order valence-electron chi connectivity index (χ1n) is 19.1. The molecule has 9 aromatic carbocycles. The topological polar surface area (TPSA) is 16.4 Å². The maximum atomic E-state index is 6.26. The minimum absolute atomic E-state index is 0.111. The van der Waals surface area contributed by atoms with Gasteiger partial charge in [0.1, 0.15) is 11.2 Å². The van der Waals surface area contributed by atoms with Crippen molar-refractivity contribution in [1.82, 2.24) is 0 Å². The number of benzene rings is 9. The van der Waals surface area contributed by atoms with E-state index in [2.05, 4.69) is 195 Å². The molecule has 55 heavy (non-hydrogen) atoms. The lowest BCUT2D eigenvalue weighted by Gasteiger charge is -2.28. The monoisotopic (exact) mass is 703 g/mol. The van der Waals surface area contributed by atoms with Crippen LogP contribution in [0.15, 0.2) is 192 Å². The first-order valence-corrected chi connectivity index (χ1v) is 19.1. The van der Waals surface area contributed by atoms with E-state index in [0.29, 0.717) is 0 Å². The van der Waals surface area contributed by atoms with E-state index in [4.69, 9.17) is 4.42 Å². The molecule has 0 amide bonds. The molecule has 0 atom stereocenters. The van der Waals surface area contributed by atoms with Crippen LogP contribution in [0.25, 0.3) is 76.9 Å². The molecular weight excluding hydrogens is 667 g/mol. The third-order valence-electron chi connectivity index (χ3n) is 11.8. The SMILES string of the molecule is CC1(C)c2ccccc2-c2ccc(N(c3ccc(-c4cc(-c5cccc6ccccc56)c5ccccc5c4)cc3)c3ccc4oc5ccccc5c4c3)cc21. The summed E-state index contributed by atoms with van der Waals surface area (Å²) >= 11 is 0. The van der Waals surface area contributed by atoms with Gasteiger partial charge in [0.05, 0.1) is 0 Å². The molecule has 0 radical (unpaired) electrons. The van der Waals surface area contributed by atoms with Gasteiger partial charge >= 0.3 is 0 Å². The average molecular weight is 704 g/mol. The number of hydrogen-bond acceptors (Lipinski definition) is 2. The van der Waals surface area contributed by atoms with Crippen LogP contribution in [-0.2, 0) is 5.41 Å². The predicted molar refractivity (Wildman–Crippen MR) is 232 cm³/mol. The standard InChI is InChI=1S/C53H37NO/c1-53(2)49-20-9-7-17-44(49)45-28-26-40(33-50(45)53)54(39-27-29-52-48(32-39)46-18-8-10-21-51(46)55-52)38-24-22-34(23-25-38)37-30-36-13-4-6-16-42(36)47(31-37)43-19-11-14-35-12-3-5-15-41(35)43/h3-33H,1-2H3. The van der Waals surface area contributed by atoms with Crippen LogP contribution in [0.5, 0.6) is 0 Å². The fraction of sp³-hybridized carbons (Fsp3) is 0.0566. The van der Waals surface area contributed by atoms with Crippen molar-refractivity contribution < 1.29 is 4.42 Å². The minimum atomic E-state index is -0.111. The highest BCUT2D eigenvalue weighted by atomic mass is 16.3. The summed E-state index contributed by atoms with van der Waals surface area (Å²) in [6.07, 6.45) is 0. The number of para-hydroxylation sites is 1. The zero-order valence-corrected chi connectivity index (χ0v) is 30.8. The number of rotatable bonds is 5. The van der Waals surface area contributed by atoms with E-state index >= 15 is 0 Å². The Bertz CT molecular complexity index is 3120. The predicted octanol–water partition coefficient (Wildman–Crippen LogP) is 15.0. The highest BCUT2D eigenvalue weighted by Crippen LogP contribution is 2.51. The molecule has 1 heterocycles. The van der Waals surface area contributed by atoms with Crippen molar-refractivity contribution >= 4 is 60.5 Å². The van der Waals surface area contributed by atoms with Crippen molar-refractivity contribution in [2.75, 3.05) is 4.90 Å². The summed E-state index contributed by atoms with van der Waals surface area (Å²) in [5.41, 5.74) is 15.2. The fourth-order valence-corrected chi connectivity index (χ4v) is 9.10. The number of nitrogens with zero attached hydrogens (tertiary/aromatic N) is 1. The van der Waals surface area contributed by atoms with Gasteiger partial charge in [-0.05, 0) is 127 Å². The second kappa shape index (κ2) is 12.1. The summed E-state index contributed by atoms with van der Waals surface area (Å²) in [6, 6.07) is 68.6. The maximum Gasteiger partial charge on any atom is 0.135 e. The number of anilines is 3. The smallest absolute Gasteiger partial charge is 0.135 e. The first kappa shape index (κ1) is 31.6. The van der Waals surface area contributed by atoms with Crippen LogP contribution in [0, 0.1) is 0 Å². The molecule has 10 aromatic rings. The molecule has 0 unspecified atom stereocenters. The number of hydrogen-bond donors (Lipinski definition) is 0.